The van der Waals surface area contributed by atoms with Gasteiger partial charge in [-0.3, -0.25) is 4.79 Å². The van der Waals surface area contributed by atoms with Crippen molar-refractivity contribution in [3.05, 3.63) is 112 Å². The molecule has 41 heavy (non-hydrogen) atoms. The number of carbonyl (C=O) groups is 2. The summed E-state index contributed by atoms with van der Waals surface area (Å²) in [5.74, 6) is 0.644. The number of esters is 1. The van der Waals surface area contributed by atoms with Crippen molar-refractivity contribution < 1.29 is 28.5 Å². The number of carbonyl (C=O) groups excluding carboxylic acids is 2. The Morgan fingerprint density at radius 3 is 2.32 bits per heavy atom. The van der Waals surface area contributed by atoms with Crippen molar-refractivity contribution in [1.29, 1.82) is 0 Å². The Morgan fingerprint density at radius 1 is 0.878 bits per heavy atom. The third-order valence-corrected chi connectivity index (χ3v) is 7.85. The monoisotopic (exact) mass is 553 g/mol. The number of hydrogen-bond acceptors (Lipinski definition) is 7. The zero-order valence-electron chi connectivity index (χ0n) is 23.9. The van der Waals surface area contributed by atoms with Gasteiger partial charge in [-0.25, -0.2) is 4.79 Å². The maximum absolute atomic E-state index is 14.0. The van der Waals surface area contributed by atoms with Gasteiger partial charge in [0.25, 0.3) is 0 Å². The van der Waals surface area contributed by atoms with Crippen LogP contribution in [-0.2, 0) is 20.7 Å². The maximum atomic E-state index is 14.0. The van der Waals surface area contributed by atoms with Crippen LogP contribution in [0.15, 0.2) is 95.3 Å². The summed E-state index contributed by atoms with van der Waals surface area (Å²) in [5, 5.41) is 3.42. The van der Waals surface area contributed by atoms with Gasteiger partial charge in [0.2, 0.25) is 0 Å². The molecule has 3 aromatic carbocycles. The molecule has 0 amide bonds. The van der Waals surface area contributed by atoms with Crippen LogP contribution < -0.4 is 19.5 Å². The van der Waals surface area contributed by atoms with Crippen molar-refractivity contribution in [2.24, 2.45) is 0 Å². The largest absolute Gasteiger partial charge is 0.497 e. The van der Waals surface area contributed by atoms with Crippen LogP contribution in [0, 0.1) is 0 Å². The molecular formula is C34H35NO6. The minimum atomic E-state index is -0.662. The number of para-hydroxylation sites is 1. The molecule has 1 N–H and O–H groups in total. The van der Waals surface area contributed by atoms with Crippen molar-refractivity contribution in [3.63, 3.8) is 0 Å². The van der Waals surface area contributed by atoms with Gasteiger partial charge in [0, 0.05) is 35.4 Å². The lowest BCUT2D eigenvalue weighted by Gasteiger charge is -2.37. The number of nitrogens with one attached hydrogen (secondary N) is 1. The lowest BCUT2D eigenvalue weighted by atomic mass is 9.71. The molecule has 3 aromatic rings. The second kappa shape index (κ2) is 12.3. The van der Waals surface area contributed by atoms with E-state index < -0.39 is 11.9 Å². The predicted molar refractivity (Wildman–Crippen MR) is 156 cm³/mol. The first-order chi connectivity index (χ1) is 19.9. The van der Waals surface area contributed by atoms with Gasteiger partial charge in [0.15, 0.2) is 17.3 Å². The quantitative estimate of drug-likeness (QED) is 0.332. The van der Waals surface area contributed by atoms with Gasteiger partial charge in [-0.2, -0.15) is 0 Å². The number of allylic oxidation sites excluding steroid dienone is 3. The van der Waals surface area contributed by atoms with E-state index in [2.05, 4.69) is 5.32 Å². The van der Waals surface area contributed by atoms with Crippen LogP contribution >= 0.6 is 0 Å². The summed E-state index contributed by atoms with van der Waals surface area (Å²) >= 11 is 0. The molecule has 0 unspecified atom stereocenters. The highest BCUT2D eigenvalue weighted by atomic mass is 16.5. The molecule has 1 heterocycles. The van der Waals surface area contributed by atoms with Crippen LogP contribution in [0.4, 0.5) is 0 Å². The molecule has 7 nitrogen and oxygen atoms in total. The van der Waals surface area contributed by atoms with E-state index in [1.807, 2.05) is 73.7 Å². The molecular weight excluding hydrogens is 518 g/mol. The van der Waals surface area contributed by atoms with Crippen LogP contribution in [0.5, 0.6) is 17.2 Å². The first-order valence-electron chi connectivity index (χ1n) is 13.7. The van der Waals surface area contributed by atoms with Crippen molar-refractivity contribution in [3.8, 4) is 17.2 Å². The van der Waals surface area contributed by atoms with Gasteiger partial charge in [-0.15, -0.1) is 0 Å². The molecule has 0 saturated carbocycles. The fourth-order valence-corrected chi connectivity index (χ4v) is 5.86. The predicted octanol–water partition coefficient (Wildman–Crippen LogP) is 5.86. The minimum Gasteiger partial charge on any atom is -0.497 e. The summed E-state index contributed by atoms with van der Waals surface area (Å²) in [4.78, 5) is 27.7. The van der Waals surface area contributed by atoms with E-state index in [0.29, 0.717) is 53.2 Å². The molecule has 1 aliphatic carbocycles. The van der Waals surface area contributed by atoms with E-state index in [0.717, 1.165) is 22.6 Å². The summed E-state index contributed by atoms with van der Waals surface area (Å²) in [6.07, 6.45) is 1.55. The smallest absolute Gasteiger partial charge is 0.336 e. The lowest BCUT2D eigenvalue weighted by Crippen LogP contribution is -2.36. The average Bonchev–Trinajstić information content (AvgIpc) is 3.00. The second-order valence-corrected chi connectivity index (χ2v) is 10.2. The van der Waals surface area contributed by atoms with E-state index in [9.17, 15) is 9.59 Å². The Morgan fingerprint density at radius 2 is 1.63 bits per heavy atom. The normalized spacial score (nSPS) is 18.4. The maximum Gasteiger partial charge on any atom is 0.336 e. The molecule has 0 radical (unpaired) electrons. The van der Waals surface area contributed by atoms with Gasteiger partial charge in [0.05, 0.1) is 39.4 Å². The van der Waals surface area contributed by atoms with E-state index in [-0.39, 0.29) is 18.3 Å². The number of benzene rings is 3. The third-order valence-electron chi connectivity index (χ3n) is 7.85. The highest BCUT2D eigenvalue weighted by Crippen LogP contribution is 2.49. The van der Waals surface area contributed by atoms with Crippen LogP contribution in [0.25, 0.3) is 0 Å². The number of hydrogen-bond donors (Lipinski definition) is 1. The van der Waals surface area contributed by atoms with Crippen LogP contribution in [0.3, 0.4) is 0 Å². The number of rotatable bonds is 9. The first-order valence-corrected chi connectivity index (χ1v) is 13.7. The Balaban J connectivity index is 1.52. The van der Waals surface area contributed by atoms with Gasteiger partial charge < -0.3 is 24.3 Å². The van der Waals surface area contributed by atoms with E-state index in [4.69, 9.17) is 18.9 Å². The van der Waals surface area contributed by atoms with Crippen molar-refractivity contribution in [2.45, 2.75) is 38.0 Å². The average molecular weight is 554 g/mol. The fourth-order valence-electron chi connectivity index (χ4n) is 5.86. The van der Waals surface area contributed by atoms with Gasteiger partial charge in [-0.05, 0) is 48.6 Å². The van der Waals surface area contributed by atoms with Crippen LogP contribution in [0.1, 0.15) is 48.3 Å². The van der Waals surface area contributed by atoms with Gasteiger partial charge in [0.1, 0.15) is 5.75 Å². The fraction of sp³-hybridized carbons (Fsp3) is 0.294. The molecule has 1 aliphatic heterocycles. The van der Waals surface area contributed by atoms with Crippen molar-refractivity contribution in [2.75, 3.05) is 27.9 Å². The number of ketones is 1. The highest BCUT2D eigenvalue weighted by Gasteiger charge is 2.42. The second-order valence-electron chi connectivity index (χ2n) is 10.2. The minimum absolute atomic E-state index is 0.000292. The van der Waals surface area contributed by atoms with Gasteiger partial charge >= 0.3 is 5.97 Å². The summed E-state index contributed by atoms with van der Waals surface area (Å²) in [7, 11) is 4.77. The molecule has 5 rings (SSSR count). The van der Waals surface area contributed by atoms with Crippen LogP contribution in [0.2, 0.25) is 0 Å². The zero-order valence-corrected chi connectivity index (χ0v) is 23.9. The summed E-state index contributed by atoms with van der Waals surface area (Å²) in [6, 6.07) is 23.2. The Bertz CT molecular complexity index is 1490. The van der Waals surface area contributed by atoms with Gasteiger partial charge in [-0.1, -0.05) is 54.6 Å². The van der Waals surface area contributed by atoms with Crippen LogP contribution in [-0.4, -0.2) is 39.7 Å². The van der Waals surface area contributed by atoms with E-state index in [1.54, 1.807) is 27.4 Å². The van der Waals surface area contributed by atoms with Crippen molar-refractivity contribution in [1.82, 2.24) is 5.32 Å². The summed E-state index contributed by atoms with van der Waals surface area (Å²) < 4.78 is 22.5. The molecule has 2 aliphatic rings. The Kier molecular flexibility index (Phi) is 8.43. The lowest BCUT2D eigenvalue weighted by molar-refractivity contribution is -0.139. The number of ether oxygens (including phenoxy) is 4. The highest BCUT2D eigenvalue weighted by molar-refractivity contribution is 6.04. The standard InChI is InChI=1S/C34H35NO6/c1-21-30(34(37)41-18-17-22-9-6-5-7-10-22)31(26-11-8-12-29(39-3)33(26)40-4)32-27(35-21)19-24(20-28(32)36)23-13-15-25(38-2)16-14-23/h5-16,24,31,35H,17-20H2,1-4H3/t24-,31-/m0/s1. The molecule has 0 aromatic heterocycles. The molecule has 0 fully saturated rings. The topological polar surface area (TPSA) is 83.1 Å². The number of dihydropyridines is 1. The molecule has 212 valence electrons. The SMILES string of the molecule is COc1ccc([C@@H]2CC(=O)C3=C(C2)NC(C)=C(C(=O)OCCc2ccccc2)[C@@H]3c2cccc(OC)c2OC)cc1. The molecule has 0 spiro atoms. The Hall–Kier alpha value is -4.52. The third kappa shape index (κ3) is 5.71. The molecule has 2 atom stereocenters. The first kappa shape index (κ1) is 28.0. The number of methoxy groups -OCH3 is 3. The summed E-state index contributed by atoms with van der Waals surface area (Å²) in [6.45, 7) is 2.08. The molecule has 0 bridgehead atoms. The van der Waals surface area contributed by atoms with E-state index >= 15 is 0 Å². The summed E-state index contributed by atoms with van der Waals surface area (Å²) in [5.41, 5.74) is 5.28. The molecule has 0 saturated heterocycles. The number of Topliss-reactive ketones (excluding diaryl/α,β-unsaturated/α-hetero) is 1. The zero-order chi connectivity index (χ0) is 28.9. The van der Waals surface area contributed by atoms with E-state index in [1.165, 1.54) is 0 Å². The Labute approximate surface area is 240 Å². The molecule has 7 heteroatoms. The van der Waals surface area contributed by atoms with Crippen molar-refractivity contribution >= 4 is 11.8 Å².